The summed E-state index contributed by atoms with van der Waals surface area (Å²) < 4.78 is 58.7. The molecule has 1 aromatic carbocycles. The highest BCUT2D eigenvalue weighted by Gasteiger charge is 2.52. The molecule has 6 rings (SSSR count). The van der Waals surface area contributed by atoms with Crippen LogP contribution in [0.15, 0.2) is 53.7 Å². The number of benzene rings is 1. The number of thiazole rings is 1. The van der Waals surface area contributed by atoms with Crippen LogP contribution in [-0.2, 0) is 23.5 Å². The molecular weight excluding hydrogens is 572 g/mol. The largest absolute Gasteiger partial charge is 0.290 e. The second-order valence-electron chi connectivity index (χ2n) is 10.4. The minimum absolute atomic E-state index is 0.142. The number of ketones is 1. The standard InChI is InChI=1S/C27H27F2N7O3S2/c1-17-14-30-25(40-17)24(37)27-12-18-15-32-36(21-7-4-20(29)5-8-21)23(18)11-19(27)3-6-22(13-27)35(10-9-28)41(38,39)26-31-16-34(2)33-26/h4-5,7-8,11,14-16,22H,3,6,9-10,12-13H2,1-2H3/t22-,27-/m0/s1. The molecule has 0 amide bonds. The molecule has 0 radical (unpaired) electrons. The number of nitrogens with zero attached hydrogens (tertiary/aromatic N) is 7. The quantitative estimate of drug-likeness (QED) is 0.282. The van der Waals surface area contributed by atoms with E-state index in [1.54, 1.807) is 36.3 Å². The van der Waals surface area contributed by atoms with Crippen molar-refractivity contribution in [3.05, 3.63) is 75.5 Å². The van der Waals surface area contributed by atoms with E-state index in [1.807, 2.05) is 13.0 Å². The Morgan fingerprint density at radius 1 is 1.22 bits per heavy atom. The summed E-state index contributed by atoms with van der Waals surface area (Å²) >= 11 is 1.29. The summed E-state index contributed by atoms with van der Waals surface area (Å²) in [6.07, 6.45) is 7.75. The summed E-state index contributed by atoms with van der Waals surface area (Å²) in [6.45, 7) is 0.596. The first kappa shape index (κ1) is 27.5. The van der Waals surface area contributed by atoms with Crippen LogP contribution in [0.2, 0.25) is 0 Å². The SMILES string of the molecule is Cc1cnc(C(=O)[C@]23Cc4cnn(-c5ccc(F)cc5)c4C=C2CC[C@H](N(CCF)S(=O)(=O)c2ncn(C)n2)C3)s1. The zero-order valence-electron chi connectivity index (χ0n) is 22.4. The number of Topliss-reactive ketones (excluding diaryl/α,β-unsaturated/α-hetero) is 1. The lowest BCUT2D eigenvalue weighted by atomic mass is 9.61. The monoisotopic (exact) mass is 599 g/mol. The zero-order chi connectivity index (χ0) is 28.9. The Hall–Kier alpha value is -3.62. The molecule has 214 valence electrons. The summed E-state index contributed by atoms with van der Waals surface area (Å²) in [7, 11) is -2.68. The molecule has 14 heteroatoms. The highest BCUT2D eigenvalue weighted by Crippen LogP contribution is 2.51. The van der Waals surface area contributed by atoms with E-state index in [0.29, 0.717) is 23.5 Å². The maximum atomic E-state index is 14.3. The predicted octanol–water partition coefficient (Wildman–Crippen LogP) is 3.93. The average Bonchev–Trinajstić information content (AvgIpc) is 3.70. The molecule has 4 aromatic rings. The number of rotatable bonds is 8. The Morgan fingerprint density at radius 2 is 2.00 bits per heavy atom. The van der Waals surface area contributed by atoms with E-state index in [1.165, 1.54) is 34.5 Å². The van der Waals surface area contributed by atoms with Crippen LogP contribution < -0.4 is 0 Å². The van der Waals surface area contributed by atoms with Crippen molar-refractivity contribution in [3.63, 3.8) is 0 Å². The predicted molar refractivity (Wildman–Crippen MR) is 147 cm³/mol. The molecule has 0 spiro atoms. The number of sulfonamides is 1. The number of alkyl halides is 1. The lowest BCUT2D eigenvalue weighted by Gasteiger charge is -2.46. The van der Waals surface area contributed by atoms with E-state index >= 15 is 0 Å². The van der Waals surface area contributed by atoms with Crippen molar-refractivity contribution in [2.75, 3.05) is 13.2 Å². The molecule has 1 saturated carbocycles. The molecule has 0 saturated heterocycles. The van der Waals surface area contributed by atoms with Gasteiger partial charge in [0.05, 0.1) is 23.0 Å². The fourth-order valence-electron chi connectivity index (χ4n) is 5.91. The van der Waals surface area contributed by atoms with Gasteiger partial charge in [-0.1, -0.05) is 5.57 Å². The van der Waals surface area contributed by atoms with E-state index in [4.69, 9.17) is 0 Å². The van der Waals surface area contributed by atoms with Crippen molar-refractivity contribution in [2.45, 2.75) is 43.8 Å². The van der Waals surface area contributed by atoms with Crippen LogP contribution in [0.1, 0.15) is 45.2 Å². The molecular formula is C27H27F2N7O3S2. The highest BCUT2D eigenvalue weighted by molar-refractivity contribution is 7.89. The molecule has 2 atom stereocenters. The second-order valence-corrected chi connectivity index (χ2v) is 13.4. The number of fused-ring (bicyclic) bond motifs is 2. The molecule has 0 bridgehead atoms. The van der Waals surface area contributed by atoms with E-state index in [-0.39, 0.29) is 31.0 Å². The van der Waals surface area contributed by atoms with Crippen LogP contribution in [0.4, 0.5) is 8.78 Å². The highest BCUT2D eigenvalue weighted by atomic mass is 32.2. The number of hydrogen-bond acceptors (Lipinski definition) is 8. The smallest absolute Gasteiger partial charge is 0.282 e. The normalized spacial score (nSPS) is 20.5. The van der Waals surface area contributed by atoms with Gasteiger partial charge >= 0.3 is 0 Å². The summed E-state index contributed by atoms with van der Waals surface area (Å²) in [5, 5.41) is 8.44. The number of aromatic nitrogens is 6. The number of halogens is 2. The maximum Gasteiger partial charge on any atom is 0.282 e. The van der Waals surface area contributed by atoms with Crippen molar-refractivity contribution in [1.29, 1.82) is 0 Å². The minimum Gasteiger partial charge on any atom is -0.290 e. The number of allylic oxidation sites excluding steroid dienone is 1. The molecule has 1 fully saturated rings. The van der Waals surface area contributed by atoms with Crippen LogP contribution in [-0.4, -0.2) is 67.3 Å². The van der Waals surface area contributed by atoms with Crippen molar-refractivity contribution < 1.29 is 22.0 Å². The Balaban J connectivity index is 1.43. The third-order valence-corrected chi connectivity index (χ3v) is 10.4. The first-order valence-corrected chi connectivity index (χ1v) is 15.3. The van der Waals surface area contributed by atoms with Crippen LogP contribution in [0.3, 0.4) is 0 Å². The lowest BCUT2D eigenvalue weighted by Crippen LogP contribution is -2.51. The van der Waals surface area contributed by atoms with Crippen molar-refractivity contribution in [3.8, 4) is 5.69 Å². The van der Waals surface area contributed by atoms with Gasteiger partial charge < -0.3 is 0 Å². The molecule has 3 aromatic heterocycles. The summed E-state index contributed by atoms with van der Waals surface area (Å²) in [4.78, 5) is 23.5. The molecule has 2 aliphatic carbocycles. The van der Waals surface area contributed by atoms with Gasteiger partial charge in [0.1, 0.15) is 18.8 Å². The van der Waals surface area contributed by atoms with E-state index in [0.717, 1.165) is 26.0 Å². The van der Waals surface area contributed by atoms with Crippen LogP contribution in [0, 0.1) is 18.2 Å². The zero-order valence-corrected chi connectivity index (χ0v) is 24.0. The number of carbonyl (C=O) groups excluding carboxylic acids is 1. The summed E-state index contributed by atoms with van der Waals surface area (Å²) in [5.74, 6) is -0.552. The van der Waals surface area contributed by atoms with E-state index in [2.05, 4.69) is 20.2 Å². The molecule has 0 N–H and O–H groups in total. The fraction of sp³-hybridized carbons (Fsp3) is 0.370. The van der Waals surface area contributed by atoms with Gasteiger partial charge in [0, 0.05) is 30.7 Å². The van der Waals surface area contributed by atoms with Gasteiger partial charge in [-0.05, 0) is 68.5 Å². The average molecular weight is 600 g/mol. The number of carbonyl (C=O) groups is 1. The van der Waals surface area contributed by atoms with E-state index in [9.17, 15) is 22.0 Å². The molecule has 10 nitrogen and oxygen atoms in total. The number of hydrogen-bond donors (Lipinski definition) is 0. The minimum atomic E-state index is -4.23. The third kappa shape index (κ3) is 4.73. The number of aryl methyl sites for hydroxylation is 2. The summed E-state index contributed by atoms with van der Waals surface area (Å²) in [6, 6.07) is 5.32. The van der Waals surface area contributed by atoms with Crippen molar-refractivity contribution in [1.82, 2.24) is 33.8 Å². The van der Waals surface area contributed by atoms with Crippen molar-refractivity contribution in [2.24, 2.45) is 12.5 Å². The summed E-state index contributed by atoms with van der Waals surface area (Å²) in [5.41, 5.74) is 2.01. The molecule has 3 heterocycles. The van der Waals surface area contributed by atoms with Gasteiger partial charge in [0.15, 0.2) is 5.01 Å². The van der Waals surface area contributed by atoms with Gasteiger partial charge in [0.25, 0.3) is 15.2 Å². The molecule has 0 aliphatic heterocycles. The van der Waals surface area contributed by atoms with Gasteiger partial charge in [-0.15, -0.1) is 16.4 Å². The third-order valence-electron chi connectivity index (χ3n) is 7.79. The second kappa shape index (κ2) is 10.3. The van der Waals surface area contributed by atoms with E-state index < -0.39 is 33.3 Å². The van der Waals surface area contributed by atoms with Gasteiger partial charge in [-0.25, -0.2) is 31.8 Å². The lowest BCUT2D eigenvalue weighted by molar-refractivity contribution is 0.0739. The first-order valence-electron chi connectivity index (χ1n) is 13.1. The Morgan fingerprint density at radius 3 is 2.66 bits per heavy atom. The molecule has 0 unspecified atom stereocenters. The molecule has 41 heavy (non-hydrogen) atoms. The topological polar surface area (TPSA) is 116 Å². The van der Waals surface area contributed by atoms with Gasteiger partial charge in [-0.3, -0.25) is 9.48 Å². The Bertz CT molecular complexity index is 1760. The van der Waals surface area contributed by atoms with Crippen molar-refractivity contribution >= 4 is 33.2 Å². The van der Waals surface area contributed by atoms with Crippen LogP contribution in [0.25, 0.3) is 11.8 Å². The fourth-order valence-corrected chi connectivity index (χ4v) is 8.21. The van der Waals surface area contributed by atoms with Gasteiger partial charge in [-0.2, -0.15) is 9.40 Å². The Labute approximate surface area is 239 Å². The first-order chi connectivity index (χ1) is 19.6. The van der Waals surface area contributed by atoms with Crippen LogP contribution in [0.5, 0.6) is 0 Å². The maximum absolute atomic E-state index is 14.3. The Kier molecular flexibility index (Phi) is 6.94. The van der Waals surface area contributed by atoms with Crippen LogP contribution >= 0.6 is 11.3 Å². The molecule has 2 aliphatic rings. The van der Waals surface area contributed by atoms with Gasteiger partial charge in [0.2, 0.25) is 5.78 Å².